The molecule has 0 aromatic heterocycles. The Labute approximate surface area is 111 Å². The van der Waals surface area contributed by atoms with Crippen molar-refractivity contribution in [1.29, 1.82) is 0 Å². The Morgan fingerprint density at radius 1 is 1.33 bits per heavy atom. The summed E-state index contributed by atoms with van der Waals surface area (Å²) in [5, 5.41) is 12.0. The summed E-state index contributed by atoms with van der Waals surface area (Å²) >= 11 is 5.73. The van der Waals surface area contributed by atoms with E-state index >= 15 is 0 Å². The summed E-state index contributed by atoms with van der Waals surface area (Å²) in [4.78, 5) is 22.6. The van der Waals surface area contributed by atoms with Crippen molar-refractivity contribution in [3.63, 3.8) is 0 Å². The Hall–Kier alpha value is -1.55. The maximum Gasteiger partial charge on any atom is 0.305 e. The number of aliphatic carboxylic acids is 1. The summed E-state index contributed by atoms with van der Waals surface area (Å²) in [6.07, 6.45) is 1.40. The maximum atomic E-state index is 11.9. The van der Waals surface area contributed by atoms with E-state index in [1.165, 1.54) is 0 Å². The van der Waals surface area contributed by atoms with Crippen LogP contribution in [0.25, 0.3) is 0 Å². The van der Waals surface area contributed by atoms with Gasteiger partial charge in [-0.3, -0.25) is 9.59 Å². The van der Waals surface area contributed by atoms with Crippen LogP contribution in [0.1, 0.15) is 36.5 Å². The maximum absolute atomic E-state index is 11.9. The van der Waals surface area contributed by atoms with Crippen LogP contribution in [0.15, 0.2) is 24.3 Å². The van der Waals surface area contributed by atoms with Crippen LogP contribution in [0, 0.1) is 0 Å². The van der Waals surface area contributed by atoms with E-state index in [4.69, 9.17) is 16.7 Å². The number of carbonyl (C=O) groups excluding carboxylic acids is 1. The fraction of sp³-hybridized carbons (Fsp3) is 0.385. The smallest absolute Gasteiger partial charge is 0.305 e. The molecule has 0 aliphatic heterocycles. The minimum absolute atomic E-state index is 0.0623. The van der Waals surface area contributed by atoms with Gasteiger partial charge in [0.2, 0.25) is 0 Å². The molecule has 0 aliphatic rings. The van der Waals surface area contributed by atoms with Crippen molar-refractivity contribution in [3.8, 4) is 0 Å². The first-order valence-electron chi connectivity index (χ1n) is 5.81. The van der Waals surface area contributed by atoms with Gasteiger partial charge in [0.15, 0.2) is 0 Å². The second-order valence-corrected chi connectivity index (χ2v) is 4.50. The van der Waals surface area contributed by atoms with E-state index in [-0.39, 0.29) is 18.4 Å². The first-order valence-corrected chi connectivity index (χ1v) is 6.19. The number of halogens is 1. The van der Waals surface area contributed by atoms with Gasteiger partial charge in [-0.25, -0.2) is 0 Å². The Morgan fingerprint density at radius 2 is 1.94 bits per heavy atom. The summed E-state index contributed by atoms with van der Waals surface area (Å²) < 4.78 is 0. The molecular formula is C13H16ClNO3. The molecule has 0 spiro atoms. The molecule has 2 N–H and O–H groups in total. The fourth-order valence-corrected chi connectivity index (χ4v) is 1.78. The number of carboxylic acid groups (broad SMARTS) is 1. The Bertz CT molecular complexity index is 417. The van der Waals surface area contributed by atoms with E-state index in [0.717, 1.165) is 6.42 Å². The number of hydrogen-bond donors (Lipinski definition) is 2. The van der Waals surface area contributed by atoms with Crippen LogP contribution in [0.4, 0.5) is 0 Å². The molecule has 0 radical (unpaired) electrons. The van der Waals surface area contributed by atoms with Gasteiger partial charge in [-0.15, -0.1) is 0 Å². The van der Waals surface area contributed by atoms with Crippen LogP contribution in [0.3, 0.4) is 0 Å². The first kappa shape index (κ1) is 14.5. The van der Waals surface area contributed by atoms with Gasteiger partial charge in [0.25, 0.3) is 5.91 Å². The fourth-order valence-electron chi connectivity index (χ4n) is 1.65. The largest absolute Gasteiger partial charge is 0.481 e. The van der Waals surface area contributed by atoms with Gasteiger partial charge in [0.05, 0.1) is 6.42 Å². The lowest BCUT2D eigenvalue weighted by Crippen LogP contribution is -2.36. The van der Waals surface area contributed by atoms with Crippen LogP contribution < -0.4 is 5.32 Å². The number of rotatable bonds is 6. The van der Waals surface area contributed by atoms with Crippen molar-refractivity contribution < 1.29 is 14.7 Å². The standard InChI is InChI=1S/C13H16ClNO3/c1-2-3-11(8-12(16)17)15-13(18)9-4-6-10(14)7-5-9/h4-7,11H,2-3,8H2,1H3,(H,15,18)(H,16,17). The quantitative estimate of drug-likeness (QED) is 0.834. The molecule has 18 heavy (non-hydrogen) atoms. The van der Waals surface area contributed by atoms with Crippen LogP contribution in [-0.4, -0.2) is 23.0 Å². The normalized spacial score (nSPS) is 11.9. The number of nitrogens with one attached hydrogen (secondary N) is 1. The zero-order valence-electron chi connectivity index (χ0n) is 10.1. The predicted molar refractivity (Wildman–Crippen MR) is 69.9 cm³/mol. The van der Waals surface area contributed by atoms with Gasteiger partial charge >= 0.3 is 5.97 Å². The van der Waals surface area contributed by atoms with Crippen molar-refractivity contribution in [1.82, 2.24) is 5.32 Å². The van der Waals surface area contributed by atoms with E-state index in [0.29, 0.717) is 17.0 Å². The summed E-state index contributed by atoms with van der Waals surface area (Å²) in [5.41, 5.74) is 0.478. The first-order chi connectivity index (χ1) is 8.52. The molecule has 0 bridgehead atoms. The predicted octanol–water partition coefficient (Wildman–Crippen LogP) is 2.71. The lowest BCUT2D eigenvalue weighted by atomic mass is 10.1. The molecule has 4 nitrogen and oxygen atoms in total. The molecule has 1 aromatic carbocycles. The van der Waals surface area contributed by atoms with Gasteiger partial charge < -0.3 is 10.4 Å². The van der Waals surface area contributed by atoms with E-state index in [2.05, 4.69) is 5.32 Å². The van der Waals surface area contributed by atoms with Crippen molar-refractivity contribution in [2.24, 2.45) is 0 Å². The highest BCUT2D eigenvalue weighted by molar-refractivity contribution is 6.30. The van der Waals surface area contributed by atoms with Crippen molar-refractivity contribution in [2.45, 2.75) is 32.2 Å². The molecule has 98 valence electrons. The average molecular weight is 270 g/mol. The molecule has 0 fully saturated rings. The van der Waals surface area contributed by atoms with Crippen molar-refractivity contribution >= 4 is 23.5 Å². The monoisotopic (exact) mass is 269 g/mol. The average Bonchev–Trinajstić information content (AvgIpc) is 2.29. The van der Waals surface area contributed by atoms with E-state index < -0.39 is 5.97 Å². The van der Waals surface area contributed by atoms with Gasteiger partial charge in [-0.1, -0.05) is 24.9 Å². The molecule has 0 saturated carbocycles. The molecular weight excluding hydrogens is 254 g/mol. The molecule has 0 aliphatic carbocycles. The Morgan fingerprint density at radius 3 is 2.44 bits per heavy atom. The number of amides is 1. The van der Waals surface area contributed by atoms with Crippen LogP contribution in [0.5, 0.6) is 0 Å². The lowest BCUT2D eigenvalue weighted by molar-refractivity contribution is -0.137. The van der Waals surface area contributed by atoms with Gasteiger partial charge in [0.1, 0.15) is 0 Å². The van der Waals surface area contributed by atoms with Gasteiger partial charge in [-0.05, 0) is 30.7 Å². The molecule has 0 saturated heterocycles. The highest BCUT2D eigenvalue weighted by Crippen LogP contribution is 2.10. The van der Waals surface area contributed by atoms with Crippen molar-refractivity contribution in [3.05, 3.63) is 34.9 Å². The van der Waals surface area contributed by atoms with Crippen LogP contribution >= 0.6 is 11.6 Å². The second-order valence-electron chi connectivity index (χ2n) is 4.06. The molecule has 1 rings (SSSR count). The second kappa shape index (κ2) is 7.01. The number of carboxylic acids is 1. The topological polar surface area (TPSA) is 66.4 Å². The van der Waals surface area contributed by atoms with Gasteiger partial charge in [0, 0.05) is 16.6 Å². The highest BCUT2D eigenvalue weighted by Gasteiger charge is 2.15. The third-order valence-electron chi connectivity index (χ3n) is 2.50. The molecule has 0 heterocycles. The van der Waals surface area contributed by atoms with Crippen LogP contribution in [0.2, 0.25) is 5.02 Å². The summed E-state index contributed by atoms with van der Waals surface area (Å²) in [5.74, 6) is -1.18. The van der Waals surface area contributed by atoms with E-state index in [1.54, 1.807) is 24.3 Å². The van der Waals surface area contributed by atoms with Crippen LogP contribution in [-0.2, 0) is 4.79 Å². The molecule has 5 heteroatoms. The summed E-state index contributed by atoms with van der Waals surface area (Å²) in [7, 11) is 0. The third-order valence-corrected chi connectivity index (χ3v) is 2.75. The Balaban J connectivity index is 2.65. The van der Waals surface area contributed by atoms with Crippen molar-refractivity contribution in [2.75, 3.05) is 0 Å². The van der Waals surface area contributed by atoms with Gasteiger partial charge in [-0.2, -0.15) is 0 Å². The molecule has 1 unspecified atom stereocenters. The van der Waals surface area contributed by atoms with E-state index in [1.807, 2.05) is 6.92 Å². The molecule has 1 atom stereocenters. The Kier molecular flexibility index (Phi) is 5.65. The summed E-state index contributed by atoms with van der Waals surface area (Å²) in [6.45, 7) is 1.95. The third kappa shape index (κ3) is 4.75. The molecule has 1 aromatic rings. The number of benzene rings is 1. The SMILES string of the molecule is CCCC(CC(=O)O)NC(=O)c1ccc(Cl)cc1. The highest BCUT2D eigenvalue weighted by atomic mass is 35.5. The zero-order chi connectivity index (χ0) is 13.5. The number of hydrogen-bond acceptors (Lipinski definition) is 2. The minimum atomic E-state index is -0.912. The van der Waals surface area contributed by atoms with E-state index in [9.17, 15) is 9.59 Å². The minimum Gasteiger partial charge on any atom is -0.481 e. The number of carbonyl (C=O) groups is 2. The lowest BCUT2D eigenvalue weighted by Gasteiger charge is -2.16. The zero-order valence-corrected chi connectivity index (χ0v) is 10.9. The summed E-state index contributed by atoms with van der Waals surface area (Å²) in [6, 6.07) is 6.14. The molecule has 1 amide bonds.